The molecular formula is C25H27FN4O2. The fourth-order valence-corrected chi connectivity index (χ4v) is 4.58. The summed E-state index contributed by atoms with van der Waals surface area (Å²) >= 11 is 0. The summed E-state index contributed by atoms with van der Waals surface area (Å²) in [6.45, 7) is 6.43. The van der Waals surface area contributed by atoms with Gasteiger partial charge in [0.1, 0.15) is 11.4 Å². The van der Waals surface area contributed by atoms with E-state index in [1.807, 2.05) is 6.92 Å². The second kappa shape index (κ2) is 8.39. The first-order valence-electron chi connectivity index (χ1n) is 11.1. The van der Waals surface area contributed by atoms with Gasteiger partial charge in [-0.05, 0) is 49.2 Å². The molecule has 1 aromatic heterocycles. The Labute approximate surface area is 187 Å². The van der Waals surface area contributed by atoms with Gasteiger partial charge in [0.15, 0.2) is 12.4 Å². The van der Waals surface area contributed by atoms with Crippen LogP contribution in [0.25, 0.3) is 10.9 Å². The lowest BCUT2D eigenvalue weighted by Gasteiger charge is -2.36. The summed E-state index contributed by atoms with van der Waals surface area (Å²) in [4.78, 5) is 22.7. The second-order valence-corrected chi connectivity index (χ2v) is 8.50. The number of anilines is 2. The zero-order chi connectivity index (χ0) is 22.2. The Balaban J connectivity index is 1.24. The number of rotatable bonds is 4. The minimum absolute atomic E-state index is 0.0427. The topological polar surface area (TPSA) is 48.9 Å². The molecule has 0 saturated carbocycles. The first-order valence-corrected chi connectivity index (χ1v) is 11.1. The number of halogens is 1. The third-order valence-corrected chi connectivity index (χ3v) is 6.48. The van der Waals surface area contributed by atoms with Crippen molar-refractivity contribution in [2.45, 2.75) is 13.3 Å². The molecule has 1 fully saturated rings. The second-order valence-electron chi connectivity index (χ2n) is 8.50. The zero-order valence-corrected chi connectivity index (χ0v) is 18.5. The molecule has 0 atom stereocenters. The van der Waals surface area contributed by atoms with Crippen LogP contribution in [0, 0.1) is 12.7 Å². The van der Waals surface area contributed by atoms with Crippen LogP contribution in [0.3, 0.4) is 0 Å². The summed E-state index contributed by atoms with van der Waals surface area (Å²) < 4.78 is 20.5. The largest absolute Gasteiger partial charge is 0.481 e. The number of likely N-dealkylation sites (N-methyl/N-ethyl adjacent to an activating group) is 1. The molecule has 0 unspecified atom stereocenters. The fourth-order valence-electron chi connectivity index (χ4n) is 4.58. The molecule has 32 heavy (non-hydrogen) atoms. The van der Waals surface area contributed by atoms with Crippen molar-refractivity contribution in [1.82, 2.24) is 9.88 Å². The number of aromatic nitrogens is 1. The van der Waals surface area contributed by atoms with Crippen molar-refractivity contribution in [3.63, 3.8) is 0 Å². The standard InChI is InChI=1S/C25H27FN4O2/c1-17-6-8-19-20(27-17)4-3-5-21(19)30-14-12-29(13-15-30)11-10-18-7-9-22-25(24(18)26)28(2)23(31)16-32-22/h3-9H,10-16H2,1-2H3. The van der Waals surface area contributed by atoms with E-state index in [0.717, 1.165) is 43.9 Å². The minimum atomic E-state index is -0.352. The summed E-state index contributed by atoms with van der Waals surface area (Å²) in [5.74, 6) is -0.152. The van der Waals surface area contributed by atoms with Gasteiger partial charge in [0, 0.05) is 56.5 Å². The van der Waals surface area contributed by atoms with Gasteiger partial charge in [-0.2, -0.15) is 0 Å². The highest BCUT2D eigenvalue weighted by Crippen LogP contribution is 2.35. The number of hydrogen-bond acceptors (Lipinski definition) is 5. The Morgan fingerprint density at radius 1 is 1.06 bits per heavy atom. The predicted molar refractivity (Wildman–Crippen MR) is 124 cm³/mol. The average Bonchev–Trinajstić information content (AvgIpc) is 2.80. The van der Waals surface area contributed by atoms with Crippen molar-refractivity contribution < 1.29 is 13.9 Å². The van der Waals surface area contributed by atoms with Gasteiger partial charge in [-0.25, -0.2) is 4.39 Å². The molecule has 1 amide bonds. The number of aryl methyl sites for hydroxylation is 1. The molecule has 166 valence electrons. The SMILES string of the molecule is Cc1ccc2c(N3CCN(CCc4ccc5c(c4F)N(C)C(=O)CO5)CC3)cccc2n1. The van der Waals surface area contributed by atoms with E-state index in [1.165, 1.54) is 16.0 Å². The van der Waals surface area contributed by atoms with Crippen molar-refractivity contribution >= 4 is 28.2 Å². The van der Waals surface area contributed by atoms with Crippen LogP contribution in [0.2, 0.25) is 0 Å². The lowest BCUT2D eigenvalue weighted by Crippen LogP contribution is -2.47. The maximum atomic E-state index is 15.1. The third kappa shape index (κ3) is 3.77. The monoisotopic (exact) mass is 434 g/mol. The Kier molecular flexibility index (Phi) is 5.43. The van der Waals surface area contributed by atoms with Crippen LogP contribution in [0.4, 0.5) is 15.8 Å². The molecule has 3 aromatic rings. The number of benzene rings is 2. The maximum Gasteiger partial charge on any atom is 0.264 e. The van der Waals surface area contributed by atoms with E-state index in [0.29, 0.717) is 17.7 Å². The molecule has 5 rings (SSSR count). The lowest BCUT2D eigenvalue weighted by molar-refractivity contribution is -0.121. The summed E-state index contributed by atoms with van der Waals surface area (Å²) in [5.41, 5.74) is 4.15. The fraction of sp³-hybridized carbons (Fsp3) is 0.360. The number of pyridine rings is 1. The summed E-state index contributed by atoms with van der Waals surface area (Å²) in [5, 5.41) is 1.18. The molecule has 3 heterocycles. The first kappa shape index (κ1) is 20.7. The van der Waals surface area contributed by atoms with E-state index in [1.54, 1.807) is 19.2 Å². The zero-order valence-electron chi connectivity index (χ0n) is 18.5. The van der Waals surface area contributed by atoms with Crippen LogP contribution < -0.4 is 14.5 Å². The number of nitrogens with zero attached hydrogens (tertiary/aromatic N) is 4. The average molecular weight is 435 g/mol. The highest BCUT2D eigenvalue weighted by atomic mass is 19.1. The lowest BCUT2D eigenvalue weighted by atomic mass is 10.1. The number of carbonyl (C=O) groups excluding carboxylic acids is 1. The Morgan fingerprint density at radius 2 is 1.88 bits per heavy atom. The summed E-state index contributed by atoms with van der Waals surface area (Å²) in [6, 6.07) is 14.1. The van der Waals surface area contributed by atoms with E-state index >= 15 is 4.39 Å². The molecule has 0 spiro atoms. The first-order chi connectivity index (χ1) is 15.5. The van der Waals surface area contributed by atoms with E-state index in [4.69, 9.17) is 4.74 Å². The molecule has 0 radical (unpaired) electrons. The van der Waals surface area contributed by atoms with Crippen molar-refractivity contribution in [2.24, 2.45) is 0 Å². The maximum absolute atomic E-state index is 15.1. The number of piperazine rings is 1. The van der Waals surface area contributed by atoms with Gasteiger partial charge < -0.3 is 14.5 Å². The quantitative estimate of drug-likeness (QED) is 0.630. The Morgan fingerprint density at radius 3 is 2.69 bits per heavy atom. The van der Waals surface area contributed by atoms with Crippen LogP contribution in [0.1, 0.15) is 11.3 Å². The van der Waals surface area contributed by atoms with Gasteiger partial charge in [0.2, 0.25) is 0 Å². The summed E-state index contributed by atoms with van der Waals surface area (Å²) in [7, 11) is 1.60. The Bertz CT molecular complexity index is 1170. The number of carbonyl (C=O) groups is 1. The van der Waals surface area contributed by atoms with E-state index < -0.39 is 0 Å². The molecule has 0 N–H and O–H groups in total. The number of ether oxygens (including phenoxy) is 1. The molecule has 7 heteroatoms. The highest BCUT2D eigenvalue weighted by Gasteiger charge is 2.27. The van der Waals surface area contributed by atoms with Crippen molar-refractivity contribution in [2.75, 3.05) is 56.2 Å². The molecular weight excluding hydrogens is 407 g/mol. The van der Waals surface area contributed by atoms with Gasteiger partial charge >= 0.3 is 0 Å². The smallest absolute Gasteiger partial charge is 0.264 e. The number of fused-ring (bicyclic) bond motifs is 2. The molecule has 2 aromatic carbocycles. The highest BCUT2D eigenvalue weighted by molar-refractivity contribution is 5.97. The van der Waals surface area contributed by atoms with Crippen LogP contribution in [-0.4, -0.2) is 62.2 Å². The molecule has 0 bridgehead atoms. The van der Waals surface area contributed by atoms with Crippen LogP contribution >= 0.6 is 0 Å². The van der Waals surface area contributed by atoms with Gasteiger partial charge in [-0.3, -0.25) is 14.7 Å². The summed E-state index contributed by atoms with van der Waals surface area (Å²) in [6.07, 6.45) is 0.596. The molecule has 6 nitrogen and oxygen atoms in total. The van der Waals surface area contributed by atoms with Crippen LogP contribution in [0.5, 0.6) is 5.75 Å². The van der Waals surface area contributed by atoms with Gasteiger partial charge in [0.25, 0.3) is 5.91 Å². The van der Waals surface area contributed by atoms with Gasteiger partial charge in [-0.15, -0.1) is 0 Å². The van der Waals surface area contributed by atoms with E-state index in [-0.39, 0.29) is 24.0 Å². The molecule has 0 aliphatic carbocycles. The van der Waals surface area contributed by atoms with Crippen LogP contribution in [0.15, 0.2) is 42.5 Å². The van der Waals surface area contributed by atoms with Gasteiger partial charge in [-0.1, -0.05) is 12.1 Å². The molecule has 1 saturated heterocycles. The number of amides is 1. The van der Waals surface area contributed by atoms with Crippen LogP contribution in [-0.2, 0) is 11.2 Å². The van der Waals surface area contributed by atoms with E-state index in [2.05, 4.69) is 45.1 Å². The minimum Gasteiger partial charge on any atom is -0.481 e. The molecule has 2 aliphatic rings. The van der Waals surface area contributed by atoms with Crippen molar-refractivity contribution in [3.8, 4) is 5.75 Å². The normalized spacial score (nSPS) is 16.9. The van der Waals surface area contributed by atoms with Crippen molar-refractivity contribution in [3.05, 3.63) is 59.5 Å². The predicted octanol–water partition coefficient (Wildman–Crippen LogP) is 3.40. The van der Waals surface area contributed by atoms with E-state index in [9.17, 15) is 4.79 Å². The molecule has 2 aliphatic heterocycles. The third-order valence-electron chi connectivity index (χ3n) is 6.48. The number of hydrogen-bond donors (Lipinski definition) is 0. The van der Waals surface area contributed by atoms with Gasteiger partial charge in [0.05, 0.1) is 5.52 Å². The Hall–Kier alpha value is -3.19. The van der Waals surface area contributed by atoms with Crippen molar-refractivity contribution in [1.29, 1.82) is 0 Å².